The minimum Gasteiger partial charge on any atom is -0.359 e. The quantitative estimate of drug-likeness (QED) is 0.717. The maximum Gasteiger partial charge on any atom is 0.167 e. The molecule has 0 fully saturated rings. The highest BCUT2D eigenvalue weighted by Crippen LogP contribution is 2.23. The first-order chi connectivity index (χ1) is 11.3. The SMILES string of the molecule is CC(NC(=S)NCc1ccc(Cl)cc1)c1ccc(C(C)(C)C)cc1. The van der Waals surface area contributed by atoms with E-state index < -0.39 is 0 Å². The molecule has 0 radical (unpaired) electrons. The van der Waals surface area contributed by atoms with Crippen LogP contribution in [0.25, 0.3) is 0 Å². The zero-order chi connectivity index (χ0) is 17.7. The number of nitrogens with one attached hydrogen (secondary N) is 2. The van der Waals surface area contributed by atoms with E-state index in [2.05, 4.69) is 62.6 Å². The first-order valence-electron chi connectivity index (χ1n) is 8.15. The van der Waals surface area contributed by atoms with Gasteiger partial charge in [0.25, 0.3) is 0 Å². The second-order valence-corrected chi connectivity index (χ2v) is 7.89. The van der Waals surface area contributed by atoms with Crippen molar-refractivity contribution in [3.8, 4) is 0 Å². The lowest BCUT2D eigenvalue weighted by molar-refractivity contribution is 0.589. The molecule has 2 rings (SSSR count). The Morgan fingerprint density at radius 2 is 1.62 bits per heavy atom. The van der Waals surface area contributed by atoms with Gasteiger partial charge < -0.3 is 10.6 Å². The van der Waals surface area contributed by atoms with Gasteiger partial charge in [-0.25, -0.2) is 0 Å². The van der Waals surface area contributed by atoms with Crippen molar-refractivity contribution in [1.82, 2.24) is 10.6 Å². The lowest BCUT2D eigenvalue weighted by Crippen LogP contribution is -2.36. The number of thiocarbonyl (C=S) groups is 1. The summed E-state index contributed by atoms with van der Waals surface area (Å²) in [7, 11) is 0. The van der Waals surface area contributed by atoms with Crippen molar-refractivity contribution in [2.24, 2.45) is 0 Å². The third-order valence-electron chi connectivity index (χ3n) is 3.99. The summed E-state index contributed by atoms with van der Waals surface area (Å²) in [5.74, 6) is 0. The van der Waals surface area contributed by atoms with Crippen LogP contribution in [0.2, 0.25) is 5.02 Å². The van der Waals surface area contributed by atoms with E-state index in [4.69, 9.17) is 23.8 Å². The standard InChI is InChI=1S/C20H25ClN2S/c1-14(16-7-9-17(10-8-16)20(2,3)4)23-19(24)22-13-15-5-11-18(21)12-6-15/h5-12,14H,13H2,1-4H3,(H2,22,23,24). The Bertz CT molecular complexity index is 672. The first-order valence-corrected chi connectivity index (χ1v) is 8.93. The molecule has 0 amide bonds. The van der Waals surface area contributed by atoms with Gasteiger partial charge in [-0.3, -0.25) is 0 Å². The van der Waals surface area contributed by atoms with Crippen molar-refractivity contribution < 1.29 is 0 Å². The van der Waals surface area contributed by atoms with E-state index in [0.29, 0.717) is 11.7 Å². The molecular formula is C20H25ClN2S. The molecule has 2 aromatic carbocycles. The molecule has 24 heavy (non-hydrogen) atoms. The zero-order valence-electron chi connectivity index (χ0n) is 14.7. The van der Waals surface area contributed by atoms with Gasteiger partial charge in [-0.2, -0.15) is 0 Å². The van der Waals surface area contributed by atoms with Crippen LogP contribution in [0.3, 0.4) is 0 Å². The third kappa shape index (κ3) is 5.50. The number of hydrogen-bond acceptors (Lipinski definition) is 1. The van der Waals surface area contributed by atoms with Crippen molar-refractivity contribution in [2.45, 2.75) is 45.7 Å². The van der Waals surface area contributed by atoms with Gasteiger partial charge >= 0.3 is 0 Å². The van der Waals surface area contributed by atoms with Gasteiger partial charge in [0.05, 0.1) is 6.04 Å². The van der Waals surface area contributed by atoms with E-state index in [1.165, 1.54) is 11.1 Å². The number of hydrogen-bond donors (Lipinski definition) is 2. The molecule has 0 heterocycles. The second-order valence-electron chi connectivity index (χ2n) is 7.05. The minimum atomic E-state index is 0.157. The lowest BCUT2D eigenvalue weighted by atomic mass is 9.86. The monoisotopic (exact) mass is 360 g/mol. The summed E-state index contributed by atoms with van der Waals surface area (Å²) in [6.45, 7) is 9.46. The van der Waals surface area contributed by atoms with Crippen LogP contribution in [0.4, 0.5) is 0 Å². The van der Waals surface area contributed by atoms with Gasteiger partial charge in [-0.05, 0) is 53.4 Å². The van der Waals surface area contributed by atoms with Gasteiger partial charge in [0.15, 0.2) is 5.11 Å². The molecule has 0 saturated heterocycles. The highest BCUT2D eigenvalue weighted by atomic mass is 35.5. The molecule has 2 nitrogen and oxygen atoms in total. The van der Waals surface area contributed by atoms with Gasteiger partial charge in [0.2, 0.25) is 0 Å². The van der Waals surface area contributed by atoms with Crippen LogP contribution < -0.4 is 10.6 Å². The molecule has 0 aliphatic rings. The van der Waals surface area contributed by atoms with Crippen LogP contribution in [0.1, 0.15) is 50.4 Å². The Labute approximate surface area is 155 Å². The van der Waals surface area contributed by atoms with E-state index >= 15 is 0 Å². The molecule has 0 spiro atoms. The Hall–Kier alpha value is -1.58. The van der Waals surface area contributed by atoms with E-state index in [9.17, 15) is 0 Å². The lowest BCUT2D eigenvalue weighted by Gasteiger charge is -2.21. The van der Waals surface area contributed by atoms with Crippen molar-refractivity contribution in [1.29, 1.82) is 0 Å². The smallest absolute Gasteiger partial charge is 0.167 e. The van der Waals surface area contributed by atoms with Crippen molar-refractivity contribution in [3.63, 3.8) is 0 Å². The summed E-state index contributed by atoms with van der Waals surface area (Å²) in [4.78, 5) is 0. The van der Waals surface area contributed by atoms with E-state index in [1.54, 1.807) is 0 Å². The zero-order valence-corrected chi connectivity index (χ0v) is 16.3. The molecular weight excluding hydrogens is 336 g/mol. The van der Waals surface area contributed by atoms with Crippen molar-refractivity contribution >= 4 is 28.9 Å². The normalized spacial score (nSPS) is 12.5. The fourth-order valence-corrected chi connectivity index (χ4v) is 2.76. The second kappa shape index (κ2) is 8.00. The van der Waals surface area contributed by atoms with E-state index in [1.807, 2.05) is 24.3 Å². The Morgan fingerprint density at radius 1 is 1.04 bits per heavy atom. The topological polar surface area (TPSA) is 24.1 Å². The molecule has 1 atom stereocenters. The largest absolute Gasteiger partial charge is 0.359 e. The average molecular weight is 361 g/mol. The molecule has 1 unspecified atom stereocenters. The summed E-state index contributed by atoms with van der Waals surface area (Å²) >= 11 is 11.3. The first kappa shape index (κ1) is 18.8. The molecule has 128 valence electrons. The molecule has 0 saturated carbocycles. The molecule has 0 aromatic heterocycles. The summed E-state index contributed by atoms with van der Waals surface area (Å²) < 4.78 is 0. The number of halogens is 1. The fraction of sp³-hybridized carbons (Fsp3) is 0.350. The molecule has 2 N–H and O–H groups in total. The Balaban J connectivity index is 1.88. The fourth-order valence-electron chi connectivity index (χ4n) is 2.39. The van der Waals surface area contributed by atoms with Crippen LogP contribution >= 0.6 is 23.8 Å². The van der Waals surface area contributed by atoms with E-state index in [0.717, 1.165) is 10.6 Å². The minimum absolute atomic E-state index is 0.157. The molecule has 2 aromatic rings. The predicted octanol–water partition coefficient (Wildman–Crippen LogP) is 5.36. The summed E-state index contributed by atoms with van der Waals surface area (Å²) in [5.41, 5.74) is 3.87. The maximum absolute atomic E-state index is 5.89. The van der Waals surface area contributed by atoms with Gasteiger partial charge in [-0.15, -0.1) is 0 Å². The number of benzene rings is 2. The predicted molar refractivity (Wildman–Crippen MR) is 108 cm³/mol. The highest BCUT2D eigenvalue weighted by Gasteiger charge is 2.14. The summed E-state index contributed by atoms with van der Waals surface area (Å²) in [6.07, 6.45) is 0. The van der Waals surface area contributed by atoms with Crippen molar-refractivity contribution in [2.75, 3.05) is 0 Å². The third-order valence-corrected chi connectivity index (χ3v) is 4.50. The molecule has 0 aliphatic carbocycles. The highest BCUT2D eigenvalue weighted by molar-refractivity contribution is 7.80. The molecule has 0 bridgehead atoms. The van der Waals surface area contributed by atoms with Gasteiger partial charge in [0.1, 0.15) is 0 Å². The van der Waals surface area contributed by atoms with Crippen LogP contribution in [-0.4, -0.2) is 5.11 Å². The van der Waals surface area contributed by atoms with E-state index in [-0.39, 0.29) is 11.5 Å². The molecule has 0 aliphatic heterocycles. The van der Waals surface area contributed by atoms with Crippen molar-refractivity contribution in [3.05, 3.63) is 70.2 Å². The van der Waals surface area contributed by atoms with Crippen LogP contribution in [0, 0.1) is 0 Å². The van der Waals surface area contributed by atoms with Gasteiger partial charge in [0, 0.05) is 11.6 Å². The maximum atomic E-state index is 5.89. The molecule has 4 heteroatoms. The van der Waals surface area contributed by atoms with Crippen LogP contribution in [0.15, 0.2) is 48.5 Å². The Kier molecular flexibility index (Phi) is 6.25. The average Bonchev–Trinajstić information content (AvgIpc) is 2.53. The number of rotatable bonds is 4. The summed E-state index contributed by atoms with van der Waals surface area (Å²) in [6, 6.07) is 16.6. The Morgan fingerprint density at radius 3 is 2.17 bits per heavy atom. The summed E-state index contributed by atoms with van der Waals surface area (Å²) in [5, 5.41) is 7.95. The van der Waals surface area contributed by atoms with Crippen LogP contribution in [-0.2, 0) is 12.0 Å². The van der Waals surface area contributed by atoms with Crippen LogP contribution in [0.5, 0.6) is 0 Å². The van der Waals surface area contributed by atoms with Gasteiger partial charge in [-0.1, -0.05) is 68.8 Å².